The Labute approximate surface area is 172 Å². The van der Waals surface area contributed by atoms with E-state index in [1.165, 1.54) is 24.8 Å². The van der Waals surface area contributed by atoms with Gasteiger partial charge >= 0.3 is 0 Å². The van der Waals surface area contributed by atoms with Crippen molar-refractivity contribution in [1.82, 2.24) is 15.6 Å². The molecule has 5 nitrogen and oxygen atoms in total. The maximum atomic E-state index is 5.17. The lowest BCUT2D eigenvalue weighted by atomic mass is 9.64. The molecule has 0 radical (unpaired) electrons. The Bertz CT molecular complexity index is 717. The van der Waals surface area contributed by atoms with Crippen LogP contribution in [0.4, 0.5) is 0 Å². The SMILES string of the molecule is CN=C(NCc1cccc(OC)n1)NCC1(c2ccccc2)CCC1.I. The predicted octanol–water partition coefficient (Wildman–Crippen LogP) is 3.50. The molecule has 0 spiro atoms. The standard InChI is InChI=1S/C20H26N4O.HI/c1-21-19(22-14-17-10-6-11-18(24-17)25-2)23-15-20(12-7-13-20)16-8-4-3-5-9-16;/h3-6,8-11H,7,12-15H2,1-2H3,(H2,21,22,23);1H. The van der Waals surface area contributed by atoms with E-state index in [1.54, 1.807) is 14.2 Å². The van der Waals surface area contributed by atoms with Crippen molar-refractivity contribution < 1.29 is 4.74 Å². The monoisotopic (exact) mass is 466 g/mol. The van der Waals surface area contributed by atoms with E-state index in [1.807, 2.05) is 18.2 Å². The molecule has 1 saturated carbocycles. The highest BCUT2D eigenvalue weighted by molar-refractivity contribution is 14.0. The van der Waals surface area contributed by atoms with Crippen molar-refractivity contribution in [1.29, 1.82) is 0 Å². The first-order valence-electron chi connectivity index (χ1n) is 8.76. The van der Waals surface area contributed by atoms with E-state index in [-0.39, 0.29) is 29.4 Å². The number of methoxy groups -OCH3 is 1. The molecule has 26 heavy (non-hydrogen) atoms. The lowest BCUT2D eigenvalue weighted by molar-refractivity contribution is 0.244. The molecule has 0 aliphatic heterocycles. The van der Waals surface area contributed by atoms with Crippen LogP contribution < -0.4 is 15.4 Å². The van der Waals surface area contributed by atoms with Crippen LogP contribution in [-0.4, -0.2) is 31.6 Å². The molecule has 6 heteroatoms. The van der Waals surface area contributed by atoms with Crippen LogP contribution in [0.2, 0.25) is 0 Å². The molecule has 1 heterocycles. The third kappa shape index (κ3) is 4.87. The zero-order valence-electron chi connectivity index (χ0n) is 15.4. The number of hydrogen-bond donors (Lipinski definition) is 2. The lowest BCUT2D eigenvalue weighted by Crippen LogP contribution is -2.48. The maximum absolute atomic E-state index is 5.17. The van der Waals surface area contributed by atoms with Crippen LogP contribution in [0, 0.1) is 0 Å². The Kier molecular flexibility index (Phi) is 7.68. The van der Waals surface area contributed by atoms with Gasteiger partial charge in [-0.15, -0.1) is 24.0 Å². The van der Waals surface area contributed by atoms with Crippen LogP contribution >= 0.6 is 24.0 Å². The third-order valence-electron chi connectivity index (χ3n) is 4.94. The van der Waals surface area contributed by atoms with Crippen molar-refractivity contribution in [2.75, 3.05) is 20.7 Å². The van der Waals surface area contributed by atoms with Crippen LogP contribution in [-0.2, 0) is 12.0 Å². The molecule has 0 unspecified atom stereocenters. The fourth-order valence-electron chi connectivity index (χ4n) is 3.28. The minimum atomic E-state index is 0. The number of rotatable bonds is 6. The van der Waals surface area contributed by atoms with Gasteiger partial charge in [0.25, 0.3) is 0 Å². The molecule has 140 valence electrons. The molecule has 0 bridgehead atoms. The van der Waals surface area contributed by atoms with Crippen LogP contribution in [0.25, 0.3) is 0 Å². The van der Waals surface area contributed by atoms with Crippen molar-refractivity contribution in [3.63, 3.8) is 0 Å². The van der Waals surface area contributed by atoms with E-state index >= 15 is 0 Å². The molecule has 2 N–H and O–H groups in total. The second-order valence-electron chi connectivity index (χ2n) is 6.45. The summed E-state index contributed by atoms with van der Waals surface area (Å²) in [4.78, 5) is 8.75. The number of guanidine groups is 1. The van der Waals surface area contributed by atoms with Crippen molar-refractivity contribution in [3.8, 4) is 5.88 Å². The number of benzene rings is 1. The molecule has 1 aromatic carbocycles. The molecular weight excluding hydrogens is 439 g/mol. The van der Waals surface area contributed by atoms with Crippen molar-refractivity contribution in [2.45, 2.75) is 31.2 Å². The highest BCUT2D eigenvalue weighted by Crippen LogP contribution is 2.43. The van der Waals surface area contributed by atoms with Crippen LogP contribution in [0.3, 0.4) is 0 Å². The number of halogens is 1. The molecule has 0 saturated heterocycles. The summed E-state index contributed by atoms with van der Waals surface area (Å²) < 4.78 is 5.17. The van der Waals surface area contributed by atoms with E-state index < -0.39 is 0 Å². The van der Waals surface area contributed by atoms with Gasteiger partial charge in [-0.3, -0.25) is 4.99 Å². The molecule has 1 aliphatic rings. The van der Waals surface area contributed by atoms with Crippen molar-refractivity contribution >= 4 is 29.9 Å². The Morgan fingerprint density at radius 2 is 1.88 bits per heavy atom. The first-order valence-corrected chi connectivity index (χ1v) is 8.76. The number of aliphatic imine (C=N–C) groups is 1. The first kappa shape index (κ1) is 20.5. The summed E-state index contributed by atoms with van der Waals surface area (Å²) in [6.45, 7) is 1.50. The van der Waals surface area contributed by atoms with Crippen molar-refractivity contribution in [3.05, 3.63) is 59.8 Å². The normalized spacial score (nSPS) is 15.4. The van der Waals surface area contributed by atoms with Gasteiger partial charge in [-0.2, -0.15) is 0 Å². The van der Waals surface area contributed by atoms with Crippen LogP contribution in [0.15, 0.2) is 53.5 Å². The van der Waals surface area contributed by atoms with Gasteiger partial charge in [-0.25, -0.2) is 4.98 Å². The highest BCUT2D eigenvalue weighted by Gasteiger charge is 2.38. The largest absolute Gasteiger partial charge is 0.481 e. The molecule has 0 amide bonds. The Morgan fingerprint density at radius 1 is 1.12 bits per heavy atom. The molecule has 1 aliphatic carbocycles. The molecule has 0 atom stereocenters. The van der Waals surface area contributed by atoms with E-state index in [0.29, 0.717) is 12.4 Å². The number of pyridine rings is 1. The maximum Gasteiger partial charge on any atom is 0.213 e. The number of hydrogen-bond acceptors (Lipinski definition) is 3. The summed E-state index contributed by atoms with van der Waals surface area (Å²) in [5.74, 6) is 1.42. The van der Waals surface area contributed by atoms with Gasteiger partial charge in [0.05, 0.1) is 19.3 Å². The van der Waals surface area contributed by atoms with Gasteiger partial charge in [0.2, 0.25) is 5.88 Å². The summed E-state index contributed by atoms with van der Waals surface area (Å²) in [7, 11) is 3.42. The highest BCUT2D eigenvalue weighted by atomic mass is 127. The number of aromatic nitrogens is 1. The number of nitrogens with one attached hydrogen (secondary N) is 2. The molecular formula is C20H27IN4O. The van der Waals surface area contributed by atoms with E-state index in [4.69, 9.17) is 4.74 Å². The minimum Gasteiger partial charge on any atom is -0.481 e. The van der Waals surface area contributed by atoms with E-state index in [9.17, 15) is 0 Å². The lowest BCUT2D eigenvalue weighted by Gasteiger charge is -2.43. The smallest absolute Gasteiger partial charge is 0.213 e. The van der Waals surface area contributed by atoms with Gasteiger partial charge in [0.15, 0.2) is 5.96 Å². The van der Waals surface area contributed by atoms with Gasteiger partial charge in [0.1, 0.15) is 0 Å². The number of nitrogens with zero attached hydrogens (tertiary/aromatic N) is 2. The van der Waals surface area contributed by atoms with Gasteiger partial charge in [-0.05, 0) is 24.5 Å². The topological polar surface area (TPSA) is 58.5 Å². The van der Waals surface area contributed by atoms with Gasteiger partial charge in [-0.1, -0.05) is 42.8 Å². The summed E-state index contributed by atoms with van der Waals surface area (Å²) >= 11 is 0. The zero-order chi connectivity index (χ0) is 17.5. The minimum absolute atomic E-state index is 0. The summed E-state index contributed by atoms with van der Waals surface area (Å²) in [5.41, 5.74) is 2.56. The third-order valence-corrected chi connectivity index (χ3v) is 4.94. The Morgan fingerprint density at radius 3 is 2.50 bits per heavy atom. The molecule has 3 rings (SSSR count). The second-order valence-corrected chi connectivity index (χ2v) is 6.45. The fourth-order valence-corrected chi connectivity index (χ4v) is 3.28. The molecule has 1 aromatic heterocycles. The Balaban J connectivity index is 0.00000243. The summed E-state index contributed by atoms with van der Waals surface area (Å²) in [6, 6.07) is 16.5. The van der Waals surface area contributed by atoms with Gasteiger partial charge in [0, 0.05) is 25.1 Å². The molecule has 2 aromatic rings. The van der Waals surface area contributed by atoms with Crippen LogP contribution in [0.5, 0.6) is 5.88 Å². The first-order chi connectivity index (χ1) is 12.3. The average Bonchev–Trinajstić information content (AvgIpc) is 2.64. The second kappa shape index (κ2) is 9.75. The molecule has 1 fully saturated rings. The average molecular weight is 466 g/mol. The van der Waals surface area contributed by atoms with Gasteiger partial charge < -0.3 is 15.4 Å². The summed E-state index contributed by atoms with van der Waals surface area (Å²) in [6.07, 6.45) is 3.73. The quantitative estimate of drug-likeness (QED) is 0.389. The van der Waals surface area contributed by atoms with Crippen molar-refractivity contribution in [2.24, 2.45) is 4.99 Å². The summed E-state index contributed by atoms with van der Waals surface area (Å²) in [5, 5.41) is 6.82. The van der Waals surface area contributed by atoms with E-state index in [2.05, 4.69) is 50.9 Å². The van der Waals surface area contributed by atoms with Crippen LogP contribution in [0.1, 0.15) is 30.5 Å². The van der Waals surface area contributed by atoms with E-state index in [0.717, 1.165) is 18.2 Å². The Hall–Kier alpha value is -1.83. The predicted molar refractivity (Wildman–Crippen MR) is 116 cm³/mol. The number of ether oxygens (including phenoxy) is 1. The fraction of sp³-hybridized carbons (Fsp3) is 0.400. The zero-order valence-corrected chi connectivity index (χ0v) is 17.7.